The van der Waals surface area contributed by atoms with Crippen molar-refractivity contribution in [1.82, 2.24) is 4.90 Å². The van der Waals surface area contributed by atoms with Gasteiger partial charge in [0.05, 0.1) is 12.0 Å². The molecule has 2 aliphatic carbocycles. The molecule has 0 spiro atoms. The molecule has 1 aromatic rings. The van der Waals surface area contributed by atoms with Crippen molar-refractivity contribution in [2.45, 2.75) is 44.7 Å². The zero-order chi connectivity index (χ0) is 13.9. The highest BCUT2D eigenvalue weighted by Crippen LogP contribution is 2.49. The summed E-state index contributed by atoms with van der Waals surface area (Å²) >= 11 is 1.83. The second-order valence-corrected chi connectivity index (χ2v) is 7.69. The molecule has 2 N–H and O–H groups in total. The average molecular weight is 290 g/mol. The largest absolute Gasteiger partial charge is 0.335 e. The van der Waals surface area contributed by atoms with Crippen molar-refractivity contribution >= 4 is 17.2 Å². The van der Waals surface area contributed by atoms with Crippen LogP contribution in [-0.2, 0) is 11.2 Å². The van der Waals surface area contributed by atoms with Crippen LogP contribution in [0.3, 0.4) is 0 Å². The fourth-order valence-electron chi connectivity index (χ4n) is 4.70. The molecule has 5 atom stereocenters. The number of carbonyl (C=O) groups is 1. The van der Waals surface area contributed by atoms with Crippen molar-refractivity contribution < 1.29 is 4.79 Å². The molecule has 1 amide bonds. The van der Waals surface area contributed by atoms with Crippen LogP contribution in [0.25, 0.3) is 0 Å². The lowest BCUT2D eigenvalue weighted by Gasteiger charge is -2.38. The molecule has 2 bridgehead atoms. The van der Waals surface area contributed by atoms with E-state index in [0.29, 0.717) is 17.7 Å². The van der Waals surface area contributed by atoms with Crippen LogP contribution in [0.15, 0.2) is 11.4 Å². The quantitative estimate of drug-likeness (QED) is 0.864. The van der Waals surface area contributed by atoms with Crippen molar-refractivity contribution in [3.8, 4) is 0 Å². The third-order valence-electron chi connectivity index (χ3n) is 5.83. The van der Waals surface area contributed by atoms with Crippen LogP contribution in [0.5, 0.6) is 0 Å². The summed E-state index contributed by atoms with van der Waals surface area (Å²) in [5, 5.41) is 2.15. The van der Waals surface area contributed by atoms with Gasteiger partial charge in [0.2, 0.25) is 5.91 Å². The van der Waals surface area contributed by atoms with E-state index >= 15 is 0 Å². The van der Waals surface area contributed by atoms with E-state index in [1.54, 1.807) is 0 Å². The van der Waals surface area contributed by atoms with Gasteiger partial charge < -0.3 is 10.6 Å². The molecule has 4 heteroatoms. The monoisotopic (exact) mass is 290 g/mol. The molecule has 1 aromatic heterocycles. The van der Waals surface area contributed by atoms with E-state index in [2.05, 4.69) is 23.3 Å². The maximum Gasteiger partial charge on any atom is 0.228 e. The maximum atomic E-state index is 13.0. The lowest BCUT2D eigenvalue weighted by molar-refractivity contribution is -0.140. The Bertz CT molecular complexity index is 538. The Kier molecular flexibility index (Phi) is 2.93. The summed E-state index contributed by atoms with van der Waals surface area (Å²) in [6.45, 7) is 3.04. The van der Waals surface area contributed by atoms with Crippen LogP contribution in [0.1, 0.15) is 42.7 Å². The van der Waals surface area contributed by atoms with Gasteiger partial charge in [0.25, 0.3) is 0 Å². The van der Waals surface area contributed by atoms with Gasteiger partial charge in [-0.1, -0.05) is 0 Å². The number of amides is 1. The van der Waals surface area contributed by atoms with Gasteiger partial charge in [-0.3, -0.25) is 4.79 Å². The van der Waals surface area contributed by atoms with Gasteiger partial charge in [-0.25, -0.2) is 0 Å². The molecule has 3 aliphatic rings. The number of nitrogens with zero attached hydrogens (tertiary/aromatic N) is 1. The van der Waals surface area contributed by atoms with E-state index in [0.717, 1.165) is 13.0 Å². The number of thiophene rings is 1. The second kappa shape index (κ2) is 4.57. The van der Waals surface area contributed by atoms with Gasteiger partial charge in [0.15, 0.2) is 0 Å². The Labute approximate surface area is 124 Å². The van der Waals surface area contributed by atoms with Gasteiger partial charge in [-0.05, 0) is 61.5 Å². The lowest BCUT2D eigenvalue weighted by Crippen LogP contribution is -2.49. The van der Waals surface area contributed by atoms with Gasteiger partial charge in [-0.2, -0.15) is 0 Å². The first-order chi connectivity index (χ1) is 9.66. The predicted molar refractivity (Wildman–Crippen MR) is 80.4 cm³/mol. The van der Waals surface area contributed by atoms with Gasteiger partial charge in [0.1, 0.15) is 0 Å². The highest BCUT2D eigenvalue weighted by atomic mass is 32.1. The fourth-order valence-corrected chi connectivity index (χ4v) is 5.67. The third kappa shape index (κ3) is 1.70. The Hall–Kier alpha value is -0.870. The minimum Gasteiger partial charge on any atom is -0.335 e. The van der Waals surface area contributed by atoms with E-state index in [9.17, 15) is 4.79 Å². The van der Waals surface area contributed by atoms with Gasteiger partial charge in [0, 0.05) is 17.5 Å². The normalized spacial score (nSPS) is 39.1. The molecule has 5 unspecified atom stereocenters. The minimum atomic E-state index is 0.0939. The maximum absolute atomic E-state index is 13.0. The zero-order valence-corrected chi connectivity index (χ0v) is 12.7. The second-order valence-electron chi connectivity index (χ2n) is 6.69. The van der Waals surface area contributed by atoms with Crippen LogP contribution in [-0.4, -0.2) is 23.4 Å². The number of hydrogen-bond acceptors (Lipinski definition) is 3. The predicted octanol–water partition coefficient (Wildman–Crippen LogP) is 2.57. The van der Waals surface area contributed by atoms with Gasteiger partial charge in [-0.15, -0.1) is 11.3 Å². The third-order valence-corrected chi connectivity index (χ3v) is 6.82. The van der Waals surface area contributed by atoms with Crippen molar-refractivity contribution in [1.29, 1.82) is 0 Å². The molecule has 4 rings (SSSR count). The van der Waals surface area contributed by atoms with Crippen molar-refractivity contribution in [2.75, 3.05) is 6.54 Å². The van der Waals surface area contributed by atoms with Crippen LogP contribution < -0.4 is 5.73 Å². The molecule has 0 radical (unpaired) electrons. The highest BCUT2D eigenvalue weighted by Gasteiger charge is 2.50. The van der Waals surface area contributed by atoms with Crippen molar-refractivity contribution in [3.63, 3.8) is 0 Å². The molecule has 0 saturated heterocycles. The molecule has 20 heavy (non-hydrogen) atoms. The van der Waals surface area contributed by atoms with Crippen LogP contribution in [0.2, 0.25) is 0 Å². The lowest BCUT2D eigenvalue weighted by atomic mass is 9.83. The molecule has 2 saturated carbocycles. The van der Waals surface area contributed by atoms with E-state index < -0.39 is 0 Å². The molecular weight excluding hydrogens is 268 g/mol. The van der Waals surface area contributed by atoms with Crippen LogP contribution in [0.4, 0.5) is 0 Å². The number of hydrogen-bond donors (Lipinski definition) is 1. The van der Waals surface area contributed by atoms with Crippen LogP contribution in [0, 0.1) is 17.8 Å². The Morgan fingerprint density at radius 3 is 2.95 bits per heavy atom. The number of fused-ring (bicyclic) bond motifs is 3. The molecule has 1 aliphatic heterocycles. The average Bonchev–Trinajstić information content (AvgIpc) is 3.13. The number of rotatable bonds is 1. The molecule has 3 nitrogen and oxygen atoms in total. The number of carbonyl (C=O) groups excluding carboxylic acids is 1. The molecule has 108 valence electrons. The molecular formula is C16H22N2OS. The van der Waals surface area contributed by atoms with E-state index in [4.69, 9.17) is 5.73 Å². The summed E-state index contributed by atoms with van der Waals surface area (Å²) in [6, 6.07) is 2.52. The first-order valence-electron chi connectivity index (χ1n) is 7.79. The smallest absolute Gasteiger partial charge is 0.228 e. The van der Waals surface area contributed by atoms with Crippen LogP contribution >= 0.6 is 11.3 Å². The Morgan fingerprint density at radius 2 is 2.20 bits per heavy atom. The summed E-state index contributed by atoms with van der Waals surface area (Å²) in [6.07, 6.45) is 4.64. The van der Waals surface area contributed by atoms with Crippen molar-refractivity contribution in [2.24, 2.45) is 23.5 Å². The van der Waals surface area contributed by atoms with Crippen molar-refractivity contribution in [3.05, 3.63) is 21.9 Å². The zero-order valence-electron chi connectivity index (χ0n) is 11.9. The SMILES string of the molecule is CC1c2ccsc2CCN1C(=O)C1C2CCC(C2)C1N. The number of nitrogens with two attached hydrogens (primary N) is 1. The molecule has 2 heterocycles. The molecule has 2 fully saturated rings. The van der Waals surface area contributed by atoms with E-state index in [1.165, 1.54) is 29.7 Å². The Morgan fingerprint density at radius 1 is 1.40 bits per heavy atom. The first kappa shape index (κ1) is 12.8. The van der Waals surface area contributed by atoms with Gasteiger partial charge >= 0.3 is 0 Å². The first-order valence-corrected chi connectivity index (χ1v) is 8.67. The standard InChI is InChI=1S/C16H22N2OS/c1-9-12-5-7-20-13(12)4-6-18(9)16(19)14-10-2-3-11(8-10)15(14)17/h5,7,9-11,14-15H,2-4,6,8,17H2,1H3. The Balaban J connectivity index is 1.58. The summed E-state index contributed by atoms with van der Waals surface area (Å²) < 4.78 is 0. The van der Waals surface area contributed by atoms with E-state index in [-0.39, 0.29) is 18.0 Å². The summed E-state index contributed by atoms with van der Waals surface area (Å²) in [5.74, 6) is 1.58. The van der Waals surface area contributed by atoms with E-state index in [1.807, 2.05) is 11.3 Å². The summed E-state index contributed by atoms with van der Waals surface area (Å²) in [5.41, 5.74) is 7.70. The fraction of sp³-hybridized carbons (Fsp3) is 0.688. The summed E-state index contributed by atoms with van der Waals surface area (Å²) in [7, 11) is 0. The highest BCUT2D eigenvalue weighted by molar-refractivity contribution is 7.10. The molecule has 0 aromatic carbocycles. The minimum absolute atomic E-state index is 0.0939. The summed E-state index contributed by atoms with van der Waals surface area (Å²) in [4.78, 5) is 16.5. The topological polar surface area (TPSA) is 46.3 Å².